The number of aromatic hydroxyl groups is 1. The van der Waals surface area contributed by atoms with Crippen molar-refractivity contribution < 1.29 is 5.11 Å². The Bertz CT molecular complexity index is 349. The van der Waals surface area contributed by atoms with Gasteiger partial charge in [-0.25, -0.2) is 0 Å². The standard InChI is InChI=1S/C11H14ClNO/c1-7(2)5-10(13)9-6-8(12)3-4-11(9)14/h3-4,6,10,14H,1,5,13H2,2H3/t10-/m0/s1. The molecule has 0 saturated heterocycles. The molecule has 1 atom stereocenters. The van der Waals surface area contributed by atoms with Crippen molar-refractivity contribution in [1.82, 2.24) is 0 Å². The maximum atomic E-state index is 9.55. The second kappa shape index (κ2) is 4.49. The molecule has 3 N–H and O–H groups in total. The topological polar surface area (TPSA) is 46.2 Å². The molecular weight excluding hydrogens is 198 g/mol. The van der Waals surface area contributed by atoms with Crippen LogP contribution >= 0.6 is 11.6 Å². The van der Waals surface area contributed by atoms with E-state index in [0.717, 1.165) is 5.57 Å². The highest BCUT2D eigenvalue weighted by molar-refractivity contribution is 6.30. The molecule has 0 aliphatic rings. The Morgan fingerprint density at radius 3 is 2.86 bits per heavy atom. The molecule has 0 aliphatic carbocycles. The van der Waals surface area contributed by atoms with Crippen LogP contribution in [-0.2, 0) is 0 Å². The summed E-state index contributed by atoms with van der Waals surface area (Å²) in [6, 6.07) is 4.63. The van der Waals surface area contributed by atoms with Gasteiger partial charge in [-0.1, -0.05) is 17.2 Å². The summed E-state index contributed by atoms with van der Waals surface area (Å²) in [5.74, 6) is 0.183. The molecule has 0 aromatic heterocycles. The number of benzene rings is 1. The van der Waals surface area contributed by atoms with E-state index < -0.39 is 0 Å². The molecule has 0 amide bonds. The lowest BCUT2D eigenvalue weighted by atomic mass is 10.0. The van der Waals surface area contributed by atoms with E-state index >= 15 is 0 Å². The predicted octanol–water partition coefficient (Wildman–Crippen LogP) is 3.01. The minimum atomic E-state index is -0.244. The Balaban J connectivity index is 2.93. The summed E-state index contributed by atoms with van der Waals surface area (Å²) in [6.07, 6.45) is 0.647. The third-order valence-corrected chi connectivity index (χ3v) is 2.19. The first-order valence-electron chi connectivity index (χ1n) is 4.39. The van der Waals surface area contributed by atoms with E-state index in [0.29, 0.717) is 17.0 Å². The summed E-state index contributed by atoms with van der Waals surface area (Å²) in [5, 5.41) is 10.1. The zero-order valence-corrected chi connectivity index (χ0v) is 8.88. The fraction of sp³-hybridized carbons (Fsp3) is 0.273. The van der Waals surface area contributed by atoms with E-state index in [-0.39, 0.29) is 11.8 Å². The predicted molar refractivity (Wildman–Crippen MR) is 59.5 cm³/mol. The van der Waals surface area contributed by atoms with Crippen molar-refractivity contribution in [2.24, 2.45) is 5.73 Å². The van der Waals surface area contributed by atoms with E-state index in [4.69, 9.17) is 17.3 Å². The lowest BCUT2D eigenvalue weighted by Crippen LogP contribution is -2.10. The van der Waals surface area contributed by atoms with Gasteiger partial charge >= 0.3 is 0 Å². The molecule has 1 aromatic carbocycles. The van der Waals surface area contributed by atoms with Crippen LogP contribution in [0.3, 0.4) is 0 Å². The van der Waals surface area contributed by atoms with Crippen LogP contribution in [0.2, 0.25) is 5.02 Å². The SMILES string of the molecule is C=C(C)C[C@H](N)c1cc(Cl)ccc1O. The Morgan fingerprint density at radius 1 is 1.64 bits per heavy atom. The van der Waals surface area contributed by atoms with Gasteiger partial charge in [-0.2, -0.15) is 0 Å². The molecule has 2 nitrogen and oxygen atoms in total. The summed E-state index contributed by atoms with van der Waals surface area (Å²) in [6.45, 7) is 5.68. The van der Waals surface area contributed by atoms with Crippen molar-refractivity contribution in [2.45, 2.75) is 19.4 Å². The van der Waals surface area contributed by atoms with E-state index in [9.17, 15) is 5.11 Å². The second-order valence-electron chi connectivity index (χ2n) is 3.47. The number of hydrogen-bond donors (Lipinski definition) is 2. The number of halogens is 1. The first kappa shape index (κ1) is 11.1. The summed E-state index contributed by atoms with van der Waals surface area (Å²) in [4.78, 5) is 0. The number of hydrogen-bond acceptors (Lipinski definition) is 2. The average Bonchev–Trinajstić information content (AvgIpc) is 2.08. The van der Waals surface area contributed by atoms with Gasteiger partial charge in [-0.05, 0) is 31.5 Å². The van der Waals surface area contributed by atoms with Crippen LogP contribution < -0.4 is 5.73 Å². The van der Waals surface area contributed by atoms with Crippen LogP contribution in [0.1, 0.15) is 24.9 Å². The third-order valence-electron chi connectivity index (χ3n) is 1.96. The summed E-state index contributed by atoms with van der Waals surface area (Å²) >= 11 is 5.81. The highest BCUT2D eigenvalue weighted by Crippen LogP contribution is 2.28. The fourth-order valence-corrected chi connectivity index (χ4v) is 1.49. The van der Waals surface area contributed by atoms with Crippen molar-refractivity contribution in [3.8, 4) is 5.75 Å². The van der Waals surface area contributed by atoms with Gasteiger partial charge in [-0.3, -0.25) is 0 Å². The Hall–Kier alpha value is -0.990. The van der Waals surface area contributed by atoms with Gasteiger partial charge in [0.25, 0.3) is 0 Å². The first-order chi connectivity index (χ1) is 6.50. The van der Waals surface area contributed by atoms with Crippen LogP contribution in [0.4, 0.5) is 0 Å². The second-order valence-corrected chi connectivity index (χ2v) is 3.91. The molecule has 0 aliphatic heterocycles. The zero-order valence-electron chi connectivity index (χ0n) is 8.13. The van der Waals surface area contributed by atoms with E-state index in [1.165, 1.54) is 0 Å². The summed E-state index contributed by atoms with van der Waals surface area (Å²) < 4.78 is 0. The molecule has 1 aromatic rings. The number of phenolic OH excluding ortho intramolecular Hbond substituents is 1. The molecule has 76 valence electrons. The van der Waals surface area contributed by atoms with Gasteiger partial charge in [0.15, 0.2) is 0 Å². The van der Waals surface area contributed by atoms with E-state index in [1.807, 2.05) is 6.92 Å². The largest absolute Gasteiger partial charge is 0.508 e. The maximum absolute atomic E-state index is 9.55. The lowest BCUT2D eigenvalue weighted by molar-refractivity contribution is 0.461. The van der Waals surface area contributed by atoms with Crippen molar-refractivity contribution in [3.63, 3.8) is 0 Å². The molecule has 0 fully saturated rings. The molecule has 3 heteroatoms. The number of rotatable bonds is 3. The van der Waals surface area contributed by atoms with Crippen molar-refractivity contribution >= 4 is 11.6 Å². The van der Waals surface area contributed by atoms with E-state index in [1.54, 1.807) is 18.2 Å². The smallest absolute Gasteiger partial charge is 0.120 e. The molecule has 14 heavy (non-hydrogen) atoms. The van der Waals surface area contributed by atoms with Crippen LogP contribution in [0.5, 0.6) is 5.75 Å². The molecular formula is C11H14ClNO. The third kappa shape index (κ3) is 2.76. The highest BCUT2D eigenvalue weighted by Gasteiger charge is 2.11. The number of phenols is 1. The van der Waals surface area contributed by atoms with Gasteiger partial charge in [0, 0.05) is 16.6 Å². The Kier molecular flexibility index (Phi) is 3.55. The van der Waals surface area contributed by atoms with Crippen molar-refractivity contribution in [2.75, 3.05) is 0 Å². The summed E-state index contributed by atoms with van der Waals surface area (Å²) in [7, 11) is 0. The van der Waals surface area contributed by atoms with Crippen molar-refractivity contribution in [1.29, 1.82) is 0 Å². The Morgan fingerprint density at radius 2 is 2.29 bits per heavy atom. The minimum absolute atomic E-state index is 0.183. The molecule has 1 rings (SSSR count). The highest BCUT2D eigenvalue weighted by atomic mass is 35.5. The normalized spacial score (nSPS) is 12.5. The van der Waals surface area contributed by atoms with Gasteiger partial charge in [0.2, 0.25) is 0 Å². The van der Waals surface area contributed by atoms with Crippen LogP contribution in [0, 0.1) is 0 Å². The number of nitrogens with two attached hydrogens (primary N) is 1. The molecule has 0 unspecified atom stereocenters. The molecule has 0 heterocycles. The van der Waals surface area contributed by atoms with Crippen LogP contribution in [0.15, 0.2) is 30.4 Å². The zero-order chi connectivity index (χ0) is 10.7. The van der Waals surface area contributed by atoms with E-state index in [2.05, 4.69) is 6.58 Å². The molecule has 0 saturated carbocycles. The lowest BCUT2D eigenvalue weighted by Gasteiger charge is -2.13. The quantitative estimate of drug-likeness (QED) is 0.755. The van der Waals surface area contributed by atoms with Crippen molar-refractivity contribution in [3.05, 3.63) is 40.9 Å². The molecule has 0 spiro atoms. The molecule has 0 bridgehead atoms. The fourth-order valence-electron chi connectivity index (χ4n) is 1.31. The maximum Gasteiger partial charge on any atom is 0.120 e. The Labute approximate surface area is 89.0 Å². The monoisotopic (exact) mass is 211 g/mol. The average molecular weight is 212 g/mol. The van der Waals surface area contributed by atoms with Gasteiger partial charge in [0.05, 0.1) is 0 Å². The van der Waals surface area contributed by atoms with Gasteiger partial charge in [-0.15, -0.1) is 6.58 Å². The van der Waals surface area contributed by atoms with Gasteiger partial charge in [0.1, 0.15) is 5.75 Å². The van der Waals surface area contributed by atoms with Gasteiger partial charge < -0.3 is 10.8 Å². The van der Waals surface area contributed by atoms with Crippen LogP contribution in [-0.4, -0.2) is 5.11 Å². The molecule has 0 radical (unpaired) electrons. The van der Waals surface area contributed by atoms with Crippen LogP contribution in [0.25, 0.3) is 0 Å². The minimum Gasteiger partial charge on any atom is -0.508 e. The summed E-state index contributed by atoms with van der Waals surface area (Å²) in [5.41, 5.74) is 7.54. The first-order valence-corrected chi connectivity index (χ1v) is 4.77.